The van der Waals surface area contributed by atoms with Gasteiger partial charge in [-0.3, -0.25) is 4.79 Å². The van der Waals surface area contributed by atoms with Crippen molar-refractivity contribution in [3.8, 4) is 0 Å². The lowest BCUT2D eigenvalue weighted by Gasteiger charge is -2.17. The van der Waals surface area contributed by atoms with Gasteiger partial charge in [0.15, 0.2) is 0 Å². The monoisotopic (exact) mass is 361 g/mol. The highest BCUT2D eigenvalue weighted by molar-refractivity contribution is 6.42. The molecule has 0 N–H and O–H groups in total. The van der Waals surface area contributed by atoms with Crippen molar-refractivity contribution in [3.05, 3.63) is 80.1 Å². The predicted molar refractivity (Wildman–Crippen MR) is 94.7 cm³/mol. The van der Waals surface area contributed by atoms with Crippen molar-refractivity contribution >= 4 is 40.1 Å². The molecule has 0 radical (unpaired) electrons. The summed E-state index contributed by atoms with van der Waals surface area (Å²) in [6.45, 7) is 0.294. The molecule has 0 bridgehead atoms. The second-order valence-electron chi connectivity index (χ2n) is 5.40. The van der Waals surface area contributed by atoms with E-state index in [0.29, 0.717) is 27.6 Å². The maximum atomic E-state index is 12.6. The summed E-state index contributed by atoms with van der Waals surface area (Å²) in [6, 6.07) is 13.7. The third kappa shape index (κ3) is 3.30. The molecule has 0 aliphatic rings. The third-order valence-electron chi connectivity index (χ3n) is 3.62. The minimum atomic E-state index is -0.653. The Bertz CT molecular complexity index is 981. The Hall–Kier alpha value is -2.30. The van der Waals surface area contributed by atoms with E-state index < -0.39 is 11.5 Å². The minimum absolute atomic E-state index is 0.00346. The van der Waals surface area contributed by atoms with E-state index in [9.17, 15) is 9.59 Å². The second-order valence-corrected chi connectivity index (χ2v) is 6.21. The van der Waals surface area contributed by atoms with Crippen molar-refractivity contribution in [1.82, 2.24) is 4.90 Å². The van der Waals surface area contributed by atoms with Crippen LogP contribution in [0.4, 0.5) is 0 Å². The minimum Gasteiger partial charge on any atom is -0.422 e. The van der Waals surface area contributed by atoms with Crippen molar-refractivity contribution in [2.75, 3.05) is 7.05 Å². The maximum Gasteiger partial charge on any atom is 0.349 e. The summed E-state index contributed by atoms with van der Waals surface area (Å²) in [5.41, 5.74) is 0.604. The number of fused-ring (bicyclic) bond motifs is 1. The largest absolute Gasteiger partial charge is 0.422 e. The molecule has 0 unspecified atom stereocenters. The van der Waals surface area contributed by atoms with Crippen LogP contribution in [-0.4, -0.2) is 17.9 Å². The number of amides is 1. The third-order valence-corrected chi connectivity index (χ3v) is 4.36. The summed E-state index contributed by atoms with van der Waals surface area (Å²) in [4.78, 5) is 26.1. The summed E-state index contributed by atoms with van der Waals surface area (Å²) in [5, 5.41) is 1.56. The fourth-order valence-electron chi connectivity index (χ4n) is 2.40. The highest BCUT2D eigenvalue weighted by Gasteiger charge is 2.18. The summed E-state index contributed by atoms with van der Waals surface area (Å²) >= 11 is 11.9. The van der Waals surface area contributed by atoms with Gasteiger partial charge in [-0.15, -0.1) is 0 Å². The van der Waals surface area contributed by atoms with Gasteiger partial charge >= 0.3 is 5.63 Å². The molecular formula is C18H13Cl2NO3. The van der Waals surface area contributed by atoms with Crippen LogP contribution in [0.5, 0.6) is 0 Å². The smallest absolute Gasteiger partial charge is 0.349 e. The topological polar surface area (TPSA) is 50.5 Å². The number of hydrogen-bond acceptors (Lipinski definition) is 3. The van der Waals surface area contributed by atoms with Crippen LogP contribution in [0.15, 0.2) is 57.7 Å². The van der Waals surface area contributed by atoms with Crippen LogP contribution in [-0.2, 0) is 6.54 Å². The second kappa shape index (κ2) is 6.67. The first kappa shape index (κ1) is 16.6. The fourth-order valence-corrected chi connectivity index (χ4v) is 2.72. The fraction of sp³-hybridized carbons (Fsp3) is 0.111. The molecule has 1 heterocycles. The Morgan fingerprint density at radius 2 is 1.83 bits per heavy atom. The quantitative estimate of drug-likeness (QED) is 0.650. The number of hydrogen-bond donors (Lipinski definition) is 0. The first-order valence-corrected chi connectivity index (χ1v) is 7.93. The summed E-state index contributed by atoms with van der Waals surface area (Å²) < 4.78 is 5.21. The first-order valence-electron chi connectivity index (χ1n) is 7.18. The average molecular weight is 362 g/mol. The van der Waals surface area contributed by atoms with Crippen LogP contribution in [0.3, 0.4) is 0 Å². The van der Waals surface area contributed by atoms with E-state index in [0.717, 1.165) is 5.56 Å². The molecule has 0 aliphatic carbocycles. The highest BCUT2D eigenvalue weighted by atomic mass is 35.5. The molecule has 24 heavy (non-hydrogen) atoms. The Morgan fingerprint density at radius 1 is 1.08 bits per heavy atom. The average Bonchev–Trinajstić information content (AvgIpc) is 2.57. The SMILES string of the molecule is CN(Cc1ccc(Cl)c(Cl)c1)C(=O)c1cc2ccccc2oc1=O. The molecule has 0 spiro atoms. The first-order chi connectivity index (χ1) is 11.5. The standard InChI is InChI=1S/C18H13Cl2NO3/c1-21(10-11-6-7-14(19)15(20)8-11)17(22)13-9-12-4-2-3-5-16(12)24-18(13)23/h2-9H,10H2,1H3. The van der Waals surface area contributed by atoms with Gasteiger partial charge in [-0.25, -0.2) is 4.79 Å². The molecule has 0 saturated carbocycles. The maximum absolute atomic E-state index is 12.6. The van der Waals surface area contributed by atoms with Crippen molar-refractivity contribution in [2.24, 2.45) is 0 Å². The Morgan fingerprint density at radius 3 is 2.58 bits per heavy atom. The molecule has 2 aromatic carbocycles. The number of carbonyl (C=O) groups excluding carboxylic acids is 1. The number of rotatable bonds is 3. The lowest BCUT2D eigenvalue weighted by molar-refractivity contribution is 0.0781. The lowest BCUT2D eigenvalue weighted by Crippen LogP contribution is -2.30. The molecule has 3 aromatic rings. The molecule has 0 fully saturated rings. The lowest BCUT2D eigenvalue weighted by atomic mass is 10.1. The van der Waals surface area contributed by atoms with Crippen molar-refractivity contribution in [1.29, 1.82) is 0 Å². The van der Waals surface area contributed by atoms with Crippen LogP contribution in [0.25, 0.3) is 11.0 Å². The van der Waals surface area contributed by atoms with Gasteiger partial charge in [0, 0.05) is 19.0 Å². The molecule has 0 aliphatic heterocycles. The zero-order valence-electron chi connectivity index (χ0n) is 12.8. The van der Waals surface area contributed by atoms with Gasteiger partial charge in [-0.05, 0) is 29.8 Å². The number of para-hydroxylation sites is 1. The predicted octanol–water partition coefficient (Wildman–Crippen LogP) is 4.37. The van der Waals surface area contributed by atoms with E-state index in [-0.39, 0.29) is 5.56 Å². The molecule has 4 nitrogen and oxygen atoms in total. The summed E-state index contributed by atoms with van der Waals surface area (Å²) in [7, 11) is 1.61. The number of halogens is 2. The van der Waals surface area contributed by atoms with Crippen molar-refractivity contribution < 1.29 is 9.21 Å². The van der Waals surface area contributed by atoms with Gasteiger partial charge in [0.05, 0.1) is 10.0 Å². The summed E-state index contributed by atoms with van der Waals surface area (Å²) in [6.07, 6.45) is 0. The molecule has 1 amide bonds. The van der Waals surface area contributed by atoms with E-state index >= 15 is 0 Å². The zero-order valence-corrected chi connectivity index (χ0v) is 14.3. The highest BCUT2D eigenvalue weighted by Crippen LogP contribution is 2.23. The Kier molecular flexibility index (Phi) is 4.60. The van der Waals surface area contributed by atoms with Gasteiger partial charge in [-0.1, -0.05) is 47.5 Å². The van der Waals surface area contributed by atoms with Gasteiger partial charge in [-0.2, -0.15) is 0 Å². The van der Waals surface area contributed by atoms with Gasteiger partial charge < -0.3 is 9.32 Å². The van der Waals surface area contributed by atoms with Gasteiger partial charge in [0.25, 0.3) is 5.91 Å². The zero-order chi connectivity index (χ0) is 17.3. The number of carbonyl (C=O) groups is 1. The molecule has 122 valence electrons. The normalized spacial score (nSPS) is 10.8. The van der Waals surface area contributed by atoms with Crippen LogP contribution >= 0.6 is 23.2 Å². The Balaban J connectivity index is 1.89. The van der Waals surface area contributed by atoms with E-state index in [2.05, 4.69) is 0 Å². The Labute approximate surface area is 148 Å². The van der Waals surface area contributed by atoms with E-state index in [1.807, 2.05) is 6.07 Å². The molecule has 3 rings (SSSR count). The van der Waals surface area contributed by atoms with E-state index in [1.165, 1.54) is 4.90 Å². The summed E-state index contributed by atoms with van der Waals surface area (Å²) in [5.74, 6) is -0.416. The molecule has 1 aromatic heterocycles. The molecule has 6 heteroatoms. The van der Waals surface area contributed by atoms with Crippen LogP contribution in [0, 0.1) is 0 Å². The number of nitrogens with zero attached hydrogens (tertiary/aromatic N) is 1. The van der Waals surface area contributed by atoms with Crippen LogP contribution < -0.4 is 5.63 Å². The number of benzene rings is 2. The van der Waals surface area contributed by atoms with E-state index in [1.54, 1.807) is 49.5 Å². The van der Waals surface area contributed by atoms with Gasteiger partial charge in [0.1, 0.15) is 11.1 Å². The van der Waals surface area contributed by atoms with E-state index in [4.69, 9.17) is 27.6 Å². The molecule has 0 atom stereocenters. The van der Waals surface area contributed by atoms with Crippen molar-refractivity contribution in [3.63, 3.8) is 0 Å². The van der Waals surface area contributed by atoms with Gasteiger partial charge in [0.2, 0.25) is 0 Å². The molecular weight excluding hydrogens is 349 g/mol. The van der Waals surface area contributed by atoms with Crippen LogP contribution in [0.1, 0.15) is 15.9 Å². The van der Waals surface area contributed by atoms with Crippen molar-refractivity contribution in [2.45, 2.75) is 6.54 Å². The molecule has 0 saturated heterocycles. The van der Waals surface area contributed by atoms with Crippen LogP contribution in [0.2, 0.25) is 10.0 Å².